The van der Waals surface area contributed by atoms with E-state index in [9.17, 15) is 9.59 Å². The molecule has 8 heteroatoms. The Morgan fingerprint density at radius 2 is 1.54 bits per heavy atom. The minimum Gasteiger partial charge on any atom is -0.497 e. The monoisotopic (exact) mass is 514 g/mol. The first kappa shape index (κ1) is 25.5. The van der Waals surface area contributed by atoms with Gasteiger partial charge in [-0.3, -0.25) is 4.79 Å². The van der Waals surface area contributed by atoms with Gasteiger partial charge in [0.2, 0.25) is 0 Å². The number of halogens is 1. The van der Waals surface area contributed by atoms with E-state index in [1.54, 1.807) is 92.0 Å². The Kier molecular flexibility index (Phi) is 8.52. The van der Waals surface area contributed by atoms with Crippen LogP contribution in [0.3, 0.4) is 0 Å². The largest absolute Gasteiger partial charge is 0.497 e. The first-order valence-corrected chi connectivity index (χ1v) is 11.7. The summed E-state index contributed by atoms with van der Waals surface area (Å²) in [5.41, 5.74) is 4.91. The number of esters is 1. The lowest BCUT2D eigenvalue weighted by Crippen LogP contribution is -2.18. The number of carbonyl (C=O) groups excluding carboxylic acids is 2. The van der Waals surface area contributed by atoms with Crippen molar-refractivity contribution in [2.75, 3.05) is 7.11 Å². The molecule has 0 fully saturated rings. The van der Waals surface area contributed by atoms with Crippen molar-refractivity contribution in [2.45, 2.75) is 6.61 Å². The number of hydrazone groups is 1. The molecule has 0 aliphatic rings. The average molecular weight is 515 g/mol. The molecule has 0 saturated heterocycles. The molecule has 1 amide bonds. The van der Waals surface area contributed by atoms with E-state index < -0.39 is 11.9 Å². The van der Waals surface area contributed by atoms with Gasteiger partial charge in [-0.15, -0.1) is 0 Å². The number of nitrogens with zero attached hydrogens (tertiary/aromatic N) is 1. The van der Waals surface area contributed by atoms with Crippen LogP contribution in [0.2, 0.25) is 5.02 Å². The summed E-state index contributed by atoms with van der Waals surface area (Å²) in [6.07, 6.45) is 1.49. The minimum atomic E-state index is -0.478. The molecule has 0 spiro atoms. The number of carbonyl (C=O) groups is 2. The Bertz CT molecular complexity index is 1390. The maximum atomic E-state index is 12.7. The van der Waals surface area contributed by atoms with Crippen LogP contribution >= 0.6 is 11.6 Å². The number of methoxy groups -OCH3 is 1. The fourth-order valence-corrected chi connectivity index (χ4v) is 3.39. The number of nitrogens with one attached hydrogen (secondary N) is 1. The molecule has 186 valence electrons. The van der Waals surface area contributed by atoms with Gasteiger partial charge >= 0.3 is 5.97 Å². The maximum absolute atomic E-state index is 12.7. The topological polar surface area (TPSA) is 86.2 Å². The van der Waals surface area contributed by atoms with Gasteiger partial charge in [-0.1, -0.05) is 35.9 Å². The third-order valence-electron chi connectivity index (χ3n) is 5.24. The highest BCUT2D eigenvalue weighted by atomic mass is 35.5. The molecule has 0 aliphatic carbocycles. The van der Waals surface area contributed by atoms with Crippen LogP contribution in [0.15, 0.2) is 102 Å². The van der Waals surface area contributed by atoms with E-state index in [0.29, 0.717) is 45.6 Å². The van der Waals surface area contributed by atoms with Crippen molar-refractivity contribution >= 4 is 29.7 Å². The van der Waals surface area contributed by atoms with Crippen molar-refractivity contribution in [2.24, 2.45) is 5.10 Å². The second-order valence-electron chi connectivity index (χ2n) is 7.80. The van der Waals surface area contributed by atoms with Crippen molar-refractivity contribution in [3.8, 4) is 17.2 Å². The van der Waals surface area contributed by atoms with E-state index in [2.05, 4.69) is 10.5 Å². The highest BCUT2D eigenvalue weighted by Crippen LogP contribution is 2.20. The van der Waals surface area contributed by atoms with Crippen LogP contribution < -0.4 is 19.6 Å². The standard InChI is InChI=1S/C29H23ClN2O5/c1-35-24-16-10-22(11-17-24)29(34)37-25-14-8-20(9-15-25)18-31-32-28(33)26-4-2-3-5-27(26)36-19-21-6-12-23(30)13-7-21/h2-18H,19H2,1H3,(H,32,33)/b31-18+. The zero-order valence-corrected chi connectivity index (χ0v) is 20.6. The lowest BCUT2D eigenvalue weighted by Gasteiger charge is -2.10. The van der Waals surface area contributed by atoms with Crippen LogP contribution in [0.1, 0.15) is 31.8 Å². The van der Waals surface area contributed by atoms with E-state index in [1.165, 1.54) is 6.21 Å². The van der Waals surface area contributed by atoms with Crippen molar-refractivity contribution in [3.05, 3.63) is 124 Å². The summed E-state index contributed by atoms with van der Waals surface area (Å²) in [5, 5.41) is 4.67. The summed E-state index contributed by atoms with van der Waals surface area (Å²) >= 11 is 5.92. The Labute approximate surface area is 219 Å². The van der Waals surface area contributed by atoms with Crippen LogP contribution in [-0.2, 0) is 6.61 Å². The molecule has 4 aromatic carbocycles. The van der Waals surface area contributed by atoms with Gasteiger partial charge in [0.15, 0.2) is 0 Å². The molecule has 0 heterocycles. The van der Waals surface area contributed by atoms with Crippen LogP contribution in [0.4, 0.5) is 0 Å². The molecule has 0 atom stereocenters. The van der Waals surface area contributed by atoms with Gasteiger partial charge in [0.25, 0.3) is 5.91 Å². The van der Waals surface area contributed by atoms with Gasteiger partial charge in [-0.25, -0.2) is 10.2 Å². The first-order chi connectivity index (χ1) is 18.0. The van der Waals surface area contributed by atoms with Gasteiger partial charge in [0.1, 0.15) is 23.9 Å². The van der Waals surface area contributed by atoms with Crippen molar-refractivity contribution in [3.63, 3.8) is 0 Å². The molecule has 1 N–H and O–H groups in total. The Hall–Kier alpha value is -4.62. The quantitative estimate of drug-likeness (QED) is 0.130. The van der Waals surface area contributed by atoms with E-state index in [0.717, 1.165) is 5.56 Å². The number of hydrogen-bond acceptors (Lipinski definition) is 6. The van der Waals surface area contributed by atoms with E-state index >= 15 is 0 Å². The molecule has 7 nitrogen and oxygen atoms in total. The second kappa shape index (κ2) is 12.4. The highest BCUT2D eigenvalue weighted by Gasteiger charge is 2.12. The van der Waals surface area contributed by atoms with Crippen molar-refractivity contribution < 1.29 is 23.8 Å². The normalized spacial score (nSPS) is 10.6. The van der Waals surface area contributed by atoms with Gasteiger partial charge < -0.3 is 14.2 Å². The van der Waals surface area contributed by atoms with Gasteiger partial charge in [0, 0.05) is 5.02 Å². The zero-order chi connectivity index (χ0) is 26.0. The van der Waals surface area contributed by atoms with Crippen LogP contribution in [0, 0.1) is 0 Å². The molecule has 0 radical (unpaired) electrons. The van der Waals surface area contributed by atoms with Gasteiger partial charge in [-0.2, -0.15) is 5.10 Å². The number of ether oxygens (including phenoxy) is 3. The summed E-state index contributed by atoms with van der Waals surface area (Å²) in [7, 11) is 1.56. The average Bonchev–Trinajstić information content (AvgIpc) is 2.94. The fourth-order valence-electron chi connectivity index (χ4n) is 3.26. The summed E-state index contributed by atoms with van der Waals surface area (Å²) in [5.74, 6) is 0.587. The number of benzene rings is 4. The molecule has 0 aliphatic heterocycles. The molecule has 0 aromatic heterocycles. The Morgan fingerprint density at radius 3 is 2.24 bits per heavy atom. The van der Waals surface area contributed by atoms with Gasteiger partial charge in [0.05, 0.1) is 24.5 Å². The van der Waals surface area contributed by atoms with Crippen LogP contribution in [0.25, 0.3) is 0 Å². The Morgan fingerprint density at radius 1 is 0.865 bits per heavy atom. The summed E-state index contributed by atoms with van der Waals surface area (Å²) in [4.78, 5) is 25.0. The first-order valence-electron chi connectivity index (χ1n) is 11.3. The third-order valence-corrected chi connectivity index (χ3v) is 5.49. The predicted molar refractivity (Wildman–Crippen MR) is 142 cm³/mol. The molecule has 37 heavy (non-hydrogen) atoms. The van der Waals surface area contributed by atoms with Crippen LogP contribution in [0.5, 0.6) is 17.2 Å². The van der Waals surface area contributed by atoms with E-state index in [-0.39, 0.29) is 0 Å². The SMILES string of the molecule is COc1ccc(C(=O)Oc2ccc(/C=N/NC(=O)c3ccccc3OCc3ccc(Cl)cc3)cc2)cc1. The van der Waals surface area contributed by atoms with Gasteiger partial charge in [-0.05, 0) is 83.9 Å². The maximum Gasteiger partial charge on any atom is 0.343 e. The van der Waals surface area contributed by atoms with Crippen molar-refractivity contribution in [1.82, 2.24) is 5.43 Å². The summed E-state index contributed by atoms with van der Waals surface area (Å²) in [6.45, 7) is 0.292. The number of amides is 1. The molecule has 0 unspecified atom stereocenters. The fraction of sp³-hybridized carbons (Fsp3) is 0.0690. The lowest BCUT2D eigenvalue weighted by atomic mass is 10.2. The van der Waals surface area contributed by atoms with E-state index in [1.807, 2.05) is 12.1 Å². The van der Waals surface area contributed by atoms with Crippen molar-refractivity contribution in [1.29, 1.82) is 0 Å². The number of rotatable bonds is 9. The zero-order valence-electron chi connectivity index (χ0n) is 19.9. The van der Waals surface area contributed by atoms with E-state index in [4.69, 9.17) is 25.8 Å². The molecule has 4 rings (SSSR count). The highest BCUT2D eigenvalue weighted by molar-refractivity contribution is 6.30. The minimum absolute atomic E-state index is 0.292. The molecular weight excluding hydrogens is 492 g/mol. The number of hydrogen-bond donors (Lipinski definition) is 1. The second-order valence-corrected chi connectivity index (χ2v) is 8.23. The molecular formula is C29H23ClN2O5. The summed E-state index contributed by atoms with van der Waals surface area (Å²) in [6, 6.07) is 27.6. The smallest absolute Gasteiger partial charge is 0.343 e. The molecule has 0 bridgehead atoms. The summed E-state index contributed by atoms with van der Waals surface area (Å²) < 4.78 is 16.3. The number of para-hydroxylation sites is 1. The van der Waals surface area contributed by atoms with Crippen LogP contribution in [-0.4, -0.2) is 25.2 Å². The molecule has 0 saturated carbocycles. The Balaban J connectivity index is 1.31. The third kappa shape index (κ3) is 7.19. The lowest BCUT2D eigenvalue weighted by molar-refractivity contribution is 0.0734. The molecule has 4 aromatic rings. The predicted octanol–water partition coefficient (Wildman–Crippen LogP) is 5.91.